The van der Waals surface area contributed by atoms with Gasteiger partial charge in [-0.25, -0.2) is 4.98 Å². The predicted molar refractivity (Wildman–Crippen MR) is 112 cm³/mol. The first-order valence-electron chi connectivity index (χ1n) is 9.83. The molecular weight excluding hydrogens is 392 g/mol. The number of amides is 1. The molecule has 2 aromatic rings. The van der Waals surface area contributed by atoms with E-state index >= 15 is 0 Å². The van der Waals surface area contributed by atoms with Crippen LogP contribution in [0.25, 0.3) is 11.5 Å². The average Bonchev–Trinajstić information content (AvgIpc) is 3.08. The zero-order chi connectivity index (χ0) is 20.8. The maximum Gasteiger partial charge on any atom is 0.232 e. The van der Waals surface area contributed by atoms with Crippen LogP contribution in [0.15, 0.2) is 22.6 Å². The quantitative estimate of drug-likeness (QED) is 0.704. The summed E-state index contributed by atoms with van der Waals surface area (Å²) in [4.78, 5) is 16.7. The number of carbonyl (C=O) groups excluding carboxylic acids is 1. The Kier molecular flexibility index (Phi) is 7.30. The van der Waals surface area contributed by atoms with E-state index < -0.39 is 10.8 Å². The van der Waals surface area contributed by atoms with Crippen molar-refractivity contribution in [2.75, 3.05) is 20.0 Å². The fourth-order valence-electron chi connectivity index (χ4n) is 3.52. The SMILES string of the molecule is COc1ccc(-c2nc(C[S@](=O)CC(=O)NC3CCCCC3)c(C)o2)cc1OC. The van der Waals surface area contributed by atoms with Gasteiger partial charge in [-0.3, -0.25) is 9.00 Å². The molecule has 0 aliphatic heterocycles. The maximum absolute atomic E-state index is 12.5. The fourth-order valence-corrected chi connectivity index (χ4v) is 4.57. The van der Waals surface area contributed by atoms with Crippen molar-refractivity contribution in [2.24, 2.45) is 0 Å². The first kappa shape index (κ1) is 21.4. The molecule has 158 valence electrons. The Morgan fingerprint density at radius 1 is 1.21 bits per heavy atom. The van der Waals surface area contributed by atoms with Crippen LogP contribution in [0.4, 0.5) is 0 Å². The number of aryl methyl sites for hydroxylation is 1. The molecular formula is C21H28N2O5S. The molecule has 1 amide bonds. The monoisotopic (exact) mass is 420 g/mol. The lowest BCUT2D eigenvalue weighted by Gasteiger charge is -2.22. The third-order valence-electron chi connectivity index (χ3n) is 5.08. The second-order valence-electron chi connectivity index (χ2n) is 7.22. The number of nitrogens with zero attached hydrogens (tertiary/aromatic N) is 1. The number of rotatable bonds is 8. The van der Waals surface area contributed by atoms with Crippen LogP contribution in [0.3, 0.4) is 0 Å². The highest BCUT2D eigenvalue weighted by Gasteiger charge is 2.19. The minimum absolute atomic E-state index is 0.0194. The molecule has 1 aliphatic carbocycles. The first-order valence-corrected chi connectivity index (χ1v) is 11.3. The number of methoxy groups -OCH3 is 2. The van der Waals surface area contributed by atoms with Crippen molar-refractivity contribution in [2.45, 2.75) is 50.8 Å². The number of hydrogen-bond donors (Lipinski definition) is 1. The van der Waals surface area contributed by atoms with E-state index in [-0.39, 0.29) is 23.5 Å². The highest BCUT2D eigenvalue weighted by molar-refractivity contribution is 7.84. The van der Waals surface area contributed by atoms with Crippen LogP contribution in [-0.4, -0.2) is 41.1 Å². The van der Waals surface area contributed by atoms with E-state index in [2.05, 4.69) is 10.3 Å². The highest BCUT2D eigenvalue weighted by Crippen LogP contribution is 2.32. The van der Waals surface area contributed by atoms with Crippen LogP contribution in [-0.2, 0) is 21.3 Å². The zero-order valence-electron chi connectivity index (χ0n) is 17.2. The molecule has 1 heterocycles. The second-order valence-corrected chi connectivity index (χ2v) is 8.68. The lowest BCUT2D eigenvalue weighted by Crippen LogP contribution is -2.38. The third-order valence-corrected chi connectivity index (χ3v) is 6.26. The smallest absolute Gasteiger partial charge is 0.232 e. The molecule has 1 fully saturated rings. The van der Waals surface area contributed by atoms with E-state index in [0.29, 0.717) is 28.8 Å². The average molecular weight is 421 g/mol. The Labute approximate surface area is 173 Å². The third kappa shape index (κ3) is 5.59. The molecule has 0 unspecified atom stereocenters. The molecule has 1 saturated carbocycles. The molecule has 0 radical (unpaired) electrons. The molecule has 7 nitrogen and oxygen atoms in total. The highest BCUT2D eigenvalue weighted by atomic mass is 32.2. The van der Waals surface area contributed by atoms with Crippen molar-refractivity contribution in [1.82, 2.24) is 10.3 Å². The summed E-state index contributed by atoms with van der Waals surface area (Å²) in [6.45, 7) is 1.78. The number of nitrogens with one attached hydrogen (secondary N) is 1. The van der Waals surface area contributed by atoms with Gasteiger partial charge >= 0.3 is 0 Å². The maximum atomic E-state index is 12.5. The Bertz CT molecular complexity index is 874. The number of carbonyl (C=O) groups is 1. The Hall–Kier alpha value is -2.35. The Morgan fingerprint density at radius 2 is 1.93 bits per heavy atom. The molecule has 1 N–H and O–H groups in total. The molecule has 8 heteroatoms. The summed E-state index contributed by atoms with van der Waals surface area (Å²) in [5.74, 6) is 2.21. The van der Waals surface area contributed by atoms with Gasteiger partial charge in [0.15, 0.2) is 11.5 Å². The number of aromatic nitrogens is 1. The molecule has 0 bridgehead atoms. The first-order chi connectivity index (χ1) is 14.0. The van der Waals surface area contributed by atoms with Crippen molar-refractivity contribution in [1.29, 1.82) is 0 Å². The second kappa shape index (κ2) is 9.91. The van der Waals surface area contributed by atoms with E-state index in [9.17, 15) is 9.00 Å². The topological polar surface area (TPSA) is 90.7 Å². The summed E-state index contributed by atoms with van der Waals surface area (Å²) in [6.07, 6.45) is 5.53. The summed E-state index contributed by atoms with van der Waals surface area (Å²) in [5, 5.41) is 3.00. The van der Waals surface area contributed by atoms with Crippen LogP contribution in [0, 0.1) is 6.92 Å². The van der Waals surface area contributed by atoms with Crippen molar-refractivity contribution in [3.8, 4) is 23.0 Å². The zero-order valence-corrected chi connectivity index (χ0v) is 18.0. The number of ether oxygens (including phenoxy) is 2. The van der Waals surface area contributed by atoms with Crippen LogP contribution in [0.2, 0.25) is 0 Å². The van der Waals surface area contributed by atoms with Gasteiger partial charge in [-0.05, 0) is 38.0 Å². The Balaban J connectivity index is 1.62. The molecule has 1 aromatic carbocycles. The summed E-state index contributed by atoms with van der Waals surface area (Å²) in [6, 6.07) is 5.60. The van der Waals surface area contributed by atoms with Gasteiger partial charge in [-0.2, -0.15) is 0 Å². The minimum atomic E-state index is -1.35. The van der Waals surface area contributed by atoms with Crippen LogP contribution >= 0.6 is 0 Å². The molecule has 0 saturated heterocycles. The van der Waals surface area contributed by atoms with Gasteiger partial charge in [0.2, 0.25) is 11.8 Å². The molecule has 0 spiro atoms. The summed E-state index contributed by atoms with van der Waals surface area (Å²) >= 11 is 0. The standard InChI is InChI=1S/C21H28N2O5S/c1-14-17(12-29(25)13-20(24)22-16-7-5-4-6-8-16)23-21(28-14)15-9-10-18(26-2)19(11-15)27-3/h9-11,16H,4-8,12-13H2,1-3H3,(H,22,24)/t29-/m0/s1. The van der Waals surface area contributed by atoms with Gasteiger partial charge in [0.25, 0.3) is 0 Å². The van der Waals surface area contributed by atoms with E-state index in [1.165, 1.54) is 6.42 Å². The van der Waals surface area contributed by atoms with Crippen LogP contribution in [0.5, 0.6) is 11.5 Å². The van der Waals surface area contributed by atoms with E-state index in [1.807, 2.05) is 6.07 Å². The van der Waals surface area contributed by atoms with E-state index in [1.54, 1.807) is 33.3 Å². The van der Waals surface area contributed by atoms with E-state index in [0.717, 1.165) is 31.2 Å². The van der Waals surface area contributed by atoms with Crippen LogP contribution in [0.1, 0.15) is 43.6 Å². The molecule has 1 aromatic heterocycles. The number of hydrogen-bond acceptors (Lipinski definition) is 6. The number of oxazole rings is 1. The Morgan fingerprint density at radius 3 is 2.62 bits per heavy atom. The van der Waals surface area contributed by atoms with Crippen molar-refractivity contribution in [3.63, 3.8) is 0 Å². The van der Waals surface area contributed by atoms with Gasteiger partial charge in [-0.1, -0.05) is 19.3 Å². The largest absolute Gasteiger partial charge is 0.493 e. The van der Waals surface area contributed by atoms with Gasteiger partial charge in [-0.15, -0.1) is 0 Å². The molecule has 1 aliphatic rings. The van der Waals surface area contributed by atoms with Crippen molar-refractivity contribution >= 4 is 16.7 Å². The molecule has 3 rings (SSSR count). The normalized spacial score (nSPS) is 15.7. The van der Waals surface area contributed by atoms with Gasteiger partial charge < -0.3 is 19.2 Å². The van der Waals surface area contributed by atoms with Gasteiger partial charge in [0.1, 0.15) is 11.5 Å². The summed E-state index contributed by atoms with van der Waals surface area (Å²) < 4.78 is 28.8. The van der Waals surface area contributed by atoms with E-state index in [4.69, 9.17) is 13.9 Å². The fraction of sp³-hybridized carbons (Fsp3) is 0.524. The predicted octanol–water partition coefficient (Wildman–Crippen LogP) is 3.36. The van der Waals surface area contributed by atoms with Gasteiger partial charge in [0, 0.05) is 22.4 Å². The molecule has 29 heavy (non-hydrogen) atoms. The lowest BCUT2D eigenvalue weighted by molar-refractivity contribution is -0.119. The summed E-state index contributed by atoms with van der Waals surface area (Å²) in [5.41, 5.74) is 1.33. The van der Waals surface area contributed by atoms with Crippen molar-refractivity contribution in [3.05, 3.63) is 29.7 Å². The van der Waals surface area contributed by atoms with Gasteiger partial charge in [0.05, 0.1) is 25.7 Å². The summed E-state index contributed by atoms with van der Waals surface area (Å²) in [7, 11) is 1.79. The van der Waals surface area contributed by atoms with Crippen molar-refractivity contribution < 1.29 is 22.9 Å². The molecule has 1 atom stereocenters. The van der Waals surface area contributed by atoms with Crippen LogP contribution < -0.4 is 14.8 Å². The number of benzene rings is 1. The lowest BCUT2D eigenvalue weighted by atomic mass is 9.95. The minimum Gasteiger partial charge on any atom is -0.493 e.